The highest BCUT2D eigenvalue weighted by Crippen LogP contribution is 2.35. The molecular weight excluding hydrogens is 282 g/mol. The molecule has 1 nitrogen and oxygen atoms in total. The number of hydrogen-bond donors (Lipinski definition) is 0. The van der Waals surface area contributed by atoms with Crippen molar-refractivity contribution in [2.75, 3.05) is 0 Å². The van der Waals surface area contributed by atoms with E-state index in [0.29, 0.717) is 0 Å². The largest absolute Gasteiger partial charge is 0.247 e. The number of benzene rings is 1. The van der Waals surface area contributed by atoms with Crippen molar-refractivity contribution < 1.29 is 0 Å². The average molecular weight is 293 g/mol. The molecular formula is C17H11NS2. The molecule has 4 rings (SSSR count). The molecule has 0 radical (unpaired) electrons. The third kappa shape index (κ3) is 1.96. The van der Waals surface area contributed by atoms with Crippen LogP contribution in [0.2, 0.25) is 0 Å². The first-order chi connectivity index (χ1) is 9.92. The Morgan fingerprint density at radius 2 is 1.55 bits per heavy atom. The van der Waals surface area contributed by atoms with E-state index in [2.05, 4.69) is 57.9 Å². The van der Waals surface area contributed by atoms with Gasteiger partial charge in [0.25, 0.3) is 0 Å². The van der Waals surface area contributed by atoms with E-state index in [1.165, 1.54) is 22.1 Å². The fourth-order valence-electron chi connectivity index (χ4n) is 2.37. The predicted octanol–water partition coefficient (Wildman–Crippen LogP) is 5.69. The smallest absolute Gasteiger partial charge is 0.0796 e. The van der Waals surface area contributed by atoms with Crippen molar-refractivity contribution in [3.63, 3.8) is 0 Å². The van der Waals surface area contributed by atoms with Gasteiger partial charge in [0, 0.05) is 21.9 Å². The normalized spacial score (nSPS) is 11.0. The summed E-state index contributed by atoms with van der Waals surface area (Å²) in [7, 11) is 0. The number of thiophene rings is 2. The molecule has 3 aromatic heterocycles. The highest BCUT2D eigenvalue weighted by molar-refractivity contribution is 7.08. The van der Waals surface area contributed by atoms with E-state index in [1.807, 2.05) is 6.07 Å². The van der Waals surface area contributed by atoms with Crippen molar-refractivity contribution in [3.8, 4) is 22.4 Å². The highest BCUT2D eigenvalue weighted by atomic mass is 32.1. The third-order valence-electron chi connectivity index (χ3n) is 3.35. The number of aromatic nitrogens is 1. The Kier molecular flexibility index (Phi) is 2.87. The molecule has 0 amide bonds. The van der Waals surface area contributed by atoms with Crippen LogP contribution < -0.4 is 0 Å². The predicted molar refractivity (Wildman–Crippen MR) is 88.4 cm³/mol. The van der Waals surface area contributed by atoms with Crippen LogP contribution in [0.3, 0.4) is 0 Å². The minimum absolute atomic E-state index is 1.05. The maximum atomic E-state index is 4.88. The molecule has 96 valence electrons. The number of pyridine rings is 1. The second-order valence-corrected chi connectivity index (χ2v) is 6.16. The molecule has 0 saturated carbocycles. The minimum atomic E-state index is 1.05. The molecule has 0 unspecified atom stereocenters. The highest BCUT2D eigenvalue weighted by Gasteiger charge is 2.11. The lowest BCUT2D eigenvalue weighted by atomic mass is 10.0. The Hall–Kier alpha value is -1.97. The molecule has 0 bridgehead atoms. The molecule has 0 aliphatic rings. The van der Waals surface area contributed by atoms with E-state index in [-0.39, 0.29) is 0 Å². The summed E-state index contributed by atoms with van der Waals surface area (Å²) in [6, 6.07) is 14.8. The number of hydrogen-bond acceptors (Lipinski definition) is 3. The molecule has 0 N–H and O–H groups in total. The summed E-state index contributed by atoms with van der Waals surface area (Å²) in [5.41, 5.74) is 5.77. The lowest BCUT2D eigenvalue weighted by molar-refractivity contribution is 1.41. The molecule has 0 spiro atoms. The van der Waals surface area contributed by atoms with Crippen LogP contribution in [0.4, 0.5) is 0 Å². The summed E-state index contributed by atoms with van der Waals surface area (Å²) in [6.45, 7) is 0. The van der Waals surface area contributed by atoms with Crippen molar-refractivity contribution in [1.29, 1.82) is 0 Å². The quantitative estimate of drug-likeness (QED) is 0.462. The lowest BCUT2D eigenvalue weighted by Crippen LogP contribution is -1.89. The standard InChI is InChI=1S/C17H11NS2/c1-2-4-16-12(3-1)9-15(13-5-7-19-10-13)17(18-16)14-6-8-20-11-14/h1-11H. The van der Waals surface area contributed by atoms with Gasteiger partial charge in [0.05, 0.1) is 11.2 Å². The molecule has 0 fully saturated rings. The van der Waals surface area contributed by atoms with Gasteiger partial charge in [-0.05, 0) is 46.0 Å². The zero-order valence-electron chi connectivity index (χ0n) is 10.6. The zero-order valence-corrected chi connectivity index (χ0v) is 12.2. The van der Waals surface area contributed by atoms with E-state index in [0.717, 1.165) is 11.2 Å². The van der Waals surface area contributed by atoms with E-state index in [9.17, 15) is 0 Å². The molecule has 20 heavy (non-hydrogen) atoms. The van der Waals surface area contributed by atoms with Crippen molar-refractivity contribution in [2.45, 2.75) is 0 Å². The third-order valence-corrected chi connectivity index (χ3v) is 4.72. The van der Waals surface area contributed by atoms with Crippen LogP contribution in [0.15, 0.2) is 64.0 Å². The van der Waals surface area contributed by atoms with E-state index >= 15 is 0 Å². The van der Waals surface area contributed by atoms with Gasteiger partial charge in [0.15, 0.2) is 0 Å². The SMILES string of the molecule is c1ccc2nc(-c3ccsc3)c(-c3ccsc3)cc2c1. The molecule has 0 aliphatic carbocycles. The Morgan fingerprint density at radius 1 is 0.800 bits per heavy atom. The Morgan fingerprint density at radius 3 is 2.30 bits per heavy atom. The summed E-state index contributed by atoms with van der Waals surface area (Å²) in [5, 5.41) is 9.74. The molecule has 0 saturated heterocycles. The van der Waals surface area contributed by atoms with Crippen molar-refractivity contribution in [2.24, 2.45) is 0 Å². The number of nitrogens with zero attached hydrogens (tertiary/aromatic N) is 1. The first kappa shape index (κ1) is 11.8. The minimum Gasteiger partial charge on any atom is -0.247 e. The molecule has 0 aliphatic heterocycles. The zero-order chi connectivity index (χ0) is 13.4. The Bertz CT molecular complexity index is 773. The first-order valence-electron chi connectivity index (χ1n) is 6.37. The second-order valence-electron chi connectivity index (χ2n) is 4.60. The summed E-state index contributed by atoms with van der Waals surface area (Å²) in [4.78, 5) is 4.88. The maximum absolute atomic E-state index is 4.88. The van der Waals surface area contributed by atoms with Crippen LogP contribution in [0, 0.1) is 0 Å². The number of rotatable bonds is 2. The summed E-state index contributed by atoms with van der Waals surface area (Å²) < 4.78 is 0. The van der Waals surface area contributed by atoms with Crippen LogP contribution >= 0.6 is 22.7 Å². The summed E-state index contributed by atoms with van der Waals surface area (Å²) >= 11 is 3.43. The van der Waals surface area contributed by atoms with Gasteiger partial charge in [0.2, 0.25) is 0 Å². The number of fused-ring (bicyclic) bond motifs is 1. The van der Waals surface area contributed by atoms with Gasteiger partial charge in [-0.25, -0.2) is 4.98 Å². The van der Waals surface area contributed by atoms with Gasteiger partial charge in [-0.3, -0.25) is 0 Å². The van der Waals surface area contributed by atoms with Crippen LogP contribution in [-0.2, 0) is 0 Å². The monoisotopic (exact) mass is 293 g/mol. The van der Waals surface area contributed by atoms with Crippen LogP contribution in [0.5, 0.6) is 0 Å². The van der Waals surface area contributed by atoms with E-state index < -0.39 is 0 Å². The van der Waals surface area contributed by atoms with Crippen LogP contribution in [0.1, 0.15) is 0 Å². The summed E-state index contributed by atoms with van der Waals surface area (Å²) in [5.74, 6) is 0. The Labute approximate surface area is 125 Å². The molecule has 0 atom stereocenters. The topological polar surface area (TPSA) is 12.9 Å². The second kappa shape index (κ2) is 4.85. The van der Waals surface area contributed by atoms with Crippen molar-refractivity contribution in [3.05, 3.63) is 64.0 Å². The average Bonchev–Trinajstić information content (AvgIpc) is 3.19. The molecule has 3 heteroatoms. The van der Waals surface area contributed by atoms with Crippen LogP contribution in [-0.4, -0.2) is 4.98 Å². The fourth-order valence-corrected chi connectivity index (χ4v) is 3.67. The van der Waals surface area contributed by atoms with Gasteiger partial charge >= 0.3 is 0 Å². The van der Waals surface area contributed by atoms with Gasteiger partial charge in [-0.15, -0.1) is 0 Å². The molecule has 1 aromatic carbocycles. The van der Waals surface area contributed by atoms with Gasteiger partial charge < -0.3 is 0 Å². The van der Waals surface area contributed by atoms with Gasteiger partial charge in [-0.2, -0.15) is 22.7 Å². The maximum Gasteiger partial charge on any atom is 0.0796 e. The lowest BCUT2D eigenvalue weighted by Gasteiger charge is -2.08. The van der Waals surface area contributed by atoms with Gasteiger partial charge in [-0.1, -0.05) is 18.2 Å². The summed E-state index contributed by atoms with van der Waals surface area (Å²) in [6.07, 6.45) is 0. The molecule has 3 heterocycles. The fraction of sp³-hybridized carbons (Fsp3) is 0. The number of para-hydroxylation sites is 1. The van der Waals surface area contributed by atoms with Crippen molar-refractivity contribution in [1.82, 2.24) is 4.98 Å². The first-order valence-corrected chi connectivity index (χ1v) is 8.25. The Balaban J connectivity index is 2.06. The van der Waals surface area contributed by atoms with E-state index in [4.69, 9.17) is 4.98 Å². The van der Waals surface area contributed by atoms with E-state index in [1.54, 1.807) is 22.7 Å². The van der Waals surface area contributed by atoms with Crippen LogP contribution in [0.25, 0.3) is 33.3 Å². The van der Waals surface area contributed by atoms with Crippen molar-refractivity contribution >= 4 is 33.6 Å². The molecule has 4 aromatic rings. The van der Waals surface area contributed by atoms with Gasteiger partial charge in [0.1, 0.15) is 0 Å².